The number of hydrogen-bond acceptors (Lipinski definition) is 1. The van der Waals surface area contributed by atoms with Crippen LogP contribution in [0.4, 0.5) is 0 Å². The SMILES string of the molecule is C=C(C)C(=O)PC[N+](C)(C)C. The summed E-state index contributed by atoms with van der Waals surface area (Å²) in [5.41, 5.74) is 0.884. The van der Waals surface area contributed by atoms with Gasteiger partial charge in [-0.25, -0.2) is 0 Å². The van der Waals surface area contributed by atoms with Crippen molar-refractivity contribution in [2.45, 2.75) is 6.92 Å². The molecular weight excluding hydrogens is 157 g/mol. The van der Waals surface area contributed by atoms with Gasteiger partial charge in [-0.15, -0.1) is 0 Å². The first-order chi connectivity index (χ1) is 4.83. The normalized spacial score (nSPS) is 12.4. The van der Waals surface area contributed by atoms with Crippen LogP contribution < -0.4 is 0 Å². The molecule has 64 valence electrons. The van der Waals surface area contributed by atoms with E-state index in [9.17, 15) is 4.79 Å². The number of carbonyl (C=O) groups excluding carboxylic acids is 1. The molecule has 0 radical (unpaired) electrons. The van der Waals surface area contributed by atoms with Gasteiger partial charge in [0.2, 0.25) is 0 Å². The Morgan fingerprint density at radius 2 is 1.91 bits per heavy atom. The second kappa shape index (κ2) is 3.99. The van der Waals surface area contributed by atoms with E-state index < -0.39 is 0 Å². The van der Waals surface area contributed by atoms with E-state index in [-0.39, 0.29) is 5.52 Å². The van der Waals surface area contributed by atoms with Crippen molar-refractivity contribution in [3.63, 3.8) is 0 Å². The molecule has 0 aromatic rings. The van der Waals surface area contributed by atoms with Gasteiger partial charge >= 0.3 is 0 Å². The topological polar surface area (TPSA) is 17.1 Å². The van der Waals surface area contributed by atoms with Crippen LogP contribution in [-0.2, 0) is 4.79 Å². The lowest BCUT2D eigenvalue weighted by molar-refractivity contribution is -0.857. The molecule has 1 unspecified atom stereocenters. The molecule has 0 N–H and O–H groups in total. The molecule has 3 heteroatoms. The van der Waals surface area contributed by atoms with E-state index >= 15 is 0 Å². The summed E-state index contributed by atoms with van der Waals surface area (Å²) in [6, 6.07) is 0. The molecule has 0 saturated heterocycles. The van der Waals surface area contributed by atoms with Crippen molar-refractivity contribution in [3.05, 3.63) is 12.2 Å². The van der Waals surface area contributed by atoms with Crippen molar-refractivity contribution in [1.29, 1.82) is 0 Å². The predicted molar refractivity (Wildman–Crippen MR) is 51.0 cm³/mol. The number of allylic oxidation sites excluding steroid dienone is 1. The second-order valence-electron chi connectivity index (χ2n) is 3.73. The quantitative estimate of drug-likeness (QED) is 0.358. The van der Waals surface area contributed by atoms with E-state index in [1.807, 2.05) is 0 Å². The minimum absolute atomic E-state index is 0.207. The second-order valence-corrected chi connectivity index (χ2v) is 4.86. The summed E-state index contributed by atoms with van der Waals surface area (Å²) in [5.74, 6) is 0. The minimum atomic E-state index is 0.207. The third kappa shape index (κ3) is 6.21. The third-order valence-electron chi connectivity index (χ3n) is 1.10. The highest BCUT2D eigenvalue weighted by Gasteiger charge is 2.10. The molecular formula is C8H17NOP+. The molecule has 11 heavy (non-hydrogen) atoms. The van der Waals surface area contributed by atoms with E-state index in [2.05, 4.69) is 27.7 Å². The maximum atomic E-state index is 11.1. The fraction of sp³-hybridized carbons (Fsp3) is 0.625. The molecule has 0 heterocycles. The Morgan fingerprint density at radius 1 is 1.45 bits per heavy atom. The first kappa shape index (κ1) is 10.8. The molecule has 0 aromatic carbocycles. The lowest BCUT2D eigenvalue weighted by atomic mass is 10.4. The van der Waals surface area contributed by atoms with Crippen molar-refractivity contribution in [2.75, 3.05) is 27.4 Å². The Bertz CT molecular complexity index is 169. The van der Waals surface area contributed by atoms with Crippen molar-refractivity contribution < 1.29 is 9.28 Å². The molecule has 0 aliphatic rings. The van der Waals surface area contributed by atoms with Crippen LogP contribution in [0.3, 0.4) is 0 Å². The standard InChI is InChI=1S/C8H17NOP/c1-7(2)8(10)11-6-9(3,4)5/h11H,1,6H2,2-5H3/q+1. The highest BCUT2D eigenvalue weighted by molar-refractivity contribution is 7.58. The van der Waals surface area contributed by atoms with Gasteiger partial charge in [-0.2, -0.15) is 0 Å². The van der Waals surface area contributed by atoms with Gasteiger partial charge < -0.3 is 4.48 Å². The summed E-state index contributed by atoms with van der Waals surface area (Å²) < 4.78 is 0.845. The first-order valence-corrected chi connectivity index (χ1v) is 4.78. The summed E-state index contributed by atoms with van der Waals surface area (Å²) in [4.78, 5) is 11.1. The Kier molecular flexibility index (Phi) is 3.91. The van der Waals surface area contributed by atoms with E-state index in [1.54, 1.807) is 6.92 Å². The van der Waals surface area contributed by atoms with Crippen molar-refractivity contribution in [1.82, 2.24) is 0 Å². The monoisotopic (exact) mass is 174 g/mol. The third-order valence-corrected chi connectivity index (χ3v) is 2.96. The molecule has 0 aliphatic carbocycles. The maximum absolute atomic E-state index is 11.1. The highest BCUT2D eigenvalue weighted by Crippen LogP contribution is 2.18. The summed E-state index contributed by atoms with van der Waals surface area (Å²) in [6.45, 7) is 5.38. The van der Waals surface area contributed by atoms with Crippen LogP contribution in [-0.4, -0.2) is 37.4 Å². The van der Waals surface area contributed by atoms with E-state index in [0.29, 0.717) is 14.2 Å². The van der Waals surface area contributed by atoms with Gasteiger partial charge in [-0.3, -0.25) is 4.79 Å². The van der Waals surface area contributed by atoms with E-state index in [1.165, 1.54) is 0 Å². The van der Waals surface area contributed by atoms with Crippen molar-refractivity contribution in [3.8, 4) is 0 Å². The van der Waals surface area contributed by atoms with E-state index in [0.717, 1.165) is 10.8 Å². The Labute approximate surface area is 70.7 Å². The molecule has 0 aliphatic heterocycles. The van der Waals surface area contributed by atoms with Crippen LogP contribution in [0, 0.1) is 0 Å². The lowest BCUT2D eigenvalue weighted by Crippen LogP contribution is -2.33. The number of rotatable bonds is 4. The van der Waals surface area contributed by atoms with Gasteiger partial charge in [0.15, 0.2) is 5.52 Å². The summed E-state index contributed by atoms with van der Waals surface area (Å²) in [7, 11) is 6.62. The average Bonchev–Trinajstić information content (AvgIpc) is 1.80. The van der Waals surface area contributed by atoms with Crippen LogP contribution in [0.5, 0.6) is 0 Å². The number of nitrogens with zero attached hydrogens (tertiary/aromatic N) is 1. The number of quaternary nitrogens is 1. The van der Waals surface area contributed by atoms with Crippen LogP contribution >= 0.6 is 8.58 Å². The van der Waals surface area contributed by atoms with Crippen molar-refractivity contribution in [2.24, 2.45) is 0 Å². The van der Waals surface area contributed by atoms with Crippen molar-refractivity contribution >= 4 is 14.1 Å². The molecule has 0 spiro atoms. The van der Waals surface area contributed by atoms with E-state index in [4.69, 9.17) is 0 Å². The summed E-state index contributed by atoms with van der Waals surface area (Å²) in [6.07, 6.45) is 0.908. The fourth-order valence-corrected chi connectivity index (χ4v) is 1.38. The molecule has 0 fully saturated rings. The molecule has 0 amide bonds. The molecule has 0 rings (SSSR count). The molecule has 2 nitrogen and oxygen atoms in total. The average molecular weight is 174 g/mol. The summed E-state index contributed by atoms with van der Waals surface area (Å²) in [5, 5.41) is 0. The summed E-state index contributed by atoms with van der Waals surface area (Å²) >= 11 is 0. The largest absolute Gasteiger partial charge is 0.327 e. The number of hydrogen-bond donors (Lipinski definition) is 0. The zero-order valence-corrected chi connectivity index (χ0v) is 8.77. The first-order valence-electron chi connectivity index (χ1n) is 3.57. The number of carbonyl (C=O) groups is 1. The zero-order valence-electron chi connectivity index (χ0n) is 7.77. The molecule has 1 atom stereocenters. The minimum Gasteiger partial charge on any atom is -0.327 e. The maximum Gasteiger partial charge on any atom is 0.181 e. The predicted octanol–water partition coefficient (Wildman–Crippen LogP) is 1.43. The van der Waals surface area contributed by atoms with Gasteiger partial charge in [-0.1, -0.05) is 6.58 Å². The van der Waals surface area contributed by atoms with Gasteiger partial charge in [0, 0.05) is 8.58 Å². The van der Waals surface area contributed by atoms with Crippen LogP contribution in [0.1, 0.15) is 6.92 Å². The van der Waals surface area contributed by atoms with Crippen LogP contribution in [0.15, 0.2) is 12.2 Å². The van der Waals surface area contributed by atoms with Gasteiger partial charge in [0.05, 0.1) is 21.1 Å². The van der Waals surface area contributed by atoms with Crippen LogP contribution in [0.2, 0.25) is 0 Å². The zero-order chi connectivity index (χ0) is 9.07. The molecule has 0 aromatic heterocycles. The lowest BCUT2D eigenvalue weighted by Gasteiger charge is -2.23. The van der Waals surface area contributed by atoms with Gasteiger partial charge in [-0.05, 0) is 12.5 Å². The Hall–Kier alpha value is -0.200. The smallest absolute Gasteiger partial charge is 0.181 e. The van der Waals surface area contributed by atoms with Crippen LogP contribution in [0.25, 0.3) is 0 Å². The van der Waals surface area contributed by atoms with Gasteiger partial charge in [0.25, 0.3) is 0 Å². The highest BCUT2D eigenvalue weighted by atomic mass is 31.1. The fourth-order valence-electron chi connectivity index (χ4n) is 0.460. The van der Waals surface area contributed by atoms with Gasteiger partial charge in [0.1, 0.15) is 6.29 Å². The molecule has 0 bridgehead atoms. The Balaban J connectivity index is 3.73. The Morgan fingerprint density at radius 3 is 2.18 bits per heavy atom. The molecule has 0 saturated carbocycles.